The number of methoxy groups -OCH3 is 1. The number of nitrogens with one attached hydrogen (secondary N) is 1. The number of hydrogen-bond acceptors (Lipinski definition) is 3. The molecule has 1 unspecified atom stereocenters. The Bertz CT molecular complexity index is 472. The van der Waals surface area contributed by atoms with Gasteiger partial charge in [0.25, 0.3) is 0 Å². The lowest BCUT2D eigenvalue weighted by Crippen LogP contribution is -2.44. The summed E-state index contributed by atoms with van der Waals surface area (Å²) in [5.41, 5.74) is -0.397. The zero-order chi connectivity index (χ0) is 15.3. The van der Waals surface area contributed by atoms with Crippen LogP contribution in [0.25, 0.3) is 0 Å². The van der Waals surface area contributed by atoms with Gasteiger partial charge in [-0.15, -0.1) is 0 Å². The molecule has 0 radical (unpaired) electrons. The molecule has 112 valence electrons. The molecular weight excluding hydrogens is 261 g/mol. The van der Waals surface area contributed by atoms with E-state index in [4.69, 9.17) is 4.74 Å². The Labute approximate surface area is 119 Å². The first kappa shape index (κ1) is 16.4. The number of carbonyl (C=O) groups is 1. The Kier molecular flexibility index (Phi) is 5.51. The minimum Gasteiger partial charge on any atom is -0.494 e. The summed E-state index contributed by atoms with van der Waals surface area (Å²) < 4.78 is 18.3. The van der Waals surface area contributed by atoms with E-state index in [1.54, 1.807) is 13.0 Å². The predicted octanol–water partition coefficient (Wildman–Crippen LogP) is 1.90. The van der Waals surface area contributed by atoms with E-state index in [0.717, 1.165) is 0 Å². The van der Waals surface area contributed by atoms with Crippen LogP contribution in [0.1, 0.15) is 26.3 Å². The fraction of sp³-hybridized carbons (Fsp3) is 0.533. The van der Waals surface area contributed by atoms with E-state index in [0.29, 0.717) is 5.56 Å². The number of aliphatic hydroxyl groups is 1. The fourth-order valence-electron chi connectivity index (χ4n) is 1.55. The summed E-state index contributed by atoms with van der Waals surface area (Å²) in [5.74, 6) is -0.569. The third-order valence-corrected chi connectivity index (χ3v) is 3.47. The topological polar surface area (TPSA) is 58.6 Å². The monoisotopic (exact) mass is 283 g/mol. The van der Waals surface area contributed by atoms with Gasteiger partial charge in [-0.1, -0.05) is 19.9 Å². The van der Waals surface area contributed by atoms with Crippen LogP contribution in [-0.4, -0.2) is 30.3 Å². The molecule has 0 spiro atoms. The standard InChI is InChI=1S/C15H22FNO3/c1-10(2)15(3,19)9-17-14(18)8-11-5-6-13(20-4)12(16)7-11/h5-7,10,19H,8-9H2,1-4H3,(H,17,18). The highest BCUT2D eigenvalue weighted by molar-refractivity contribution is 5.78. The van der Waals surface area contributed by atoms with Gasteiger partial charge in [0.2, 0.25) is 5.91 Å². The Morgan fingerprint density at radius 1 is 1.50 bits per heavy atom. The predicted molar refractivity (Wildman–Crippen MR) is 75.1 cm³/mol. The highest BCUT2D eigenvalue weighted by atomic mass is 19.1. The SMILES string of the molecule is COc1ccc(CC(=O)NCC(C)(O)C(C)C)cc1F. The van der Waals surface area contributed by atoms with Gasteiger partial charge in [0.1, 0.15) is 0 Å². The average molecular weight is 283 g/mol. The number of halogens is 1. The van der Waals surface area contributed by atoms with Gasteiger partial charge < -0.3 is 15.2 Å². The normalized spacial score (nSPS) is 13.9. The summed E-state index contributed by atoms with van der Waals surface area (Å²) in [6, 6.07) is 4.41. The van der Waals surface area contributed by atoms with Crippen molar-refractivity contribution in [2.24, 2.45) is 5.92 Å². The van der Waals surface area contributed by atoms with Gasteiger partial charge in [-0.25, -0.2) is 4.39 Å². The number of hydrogen-bond donors (Lipinski definition) is 2. The van der Waals surface area contributed by atoms with Gasteiger partial charge in [-0.05, 0) is 30.5 Å². The van der Waals surface area contributed by atoms with Crippen LogP contribution in [0.5, 0.6) is 5.75 Å². The second-order valence-corrected chi connectivity index (χ2v) is 5.43. The maximum Gasteiger partial charge on any atom is 0.224 e. The molecule has 1 atom stereocenters. The minimum absolute atomic E-state index is 0.0289. The molecule has 0 bridgehead atoms. The van der Waals surface area contributed by atoms with Gasteiger partial charge in [0.15, 0.2) is 11.6 Å². The van der Waals surface area contributed by atoms with Crippen LogP contribution in [-0.2, 0) is 11.2 Å². The first-order chi connectivity index (χ1) is 9.26. The van der Waals surface area contributed by atoms with Gasteiger partial charge in [0, 0.05) is 6.54 Å². The summed E-state index contributed by atoms with van der Waals surface area (Å²) >= 11 is 0. The number of benzene rings is 1. The van der Waals surface area contributed by atoms with Crippen molar-refractivity contribution >= 4 is 5.91 Å². The smallest absolute Gasteiger partial charge is 0.224 e. The molecule has 1 amide bonds. The van der Waals surface area contributed by atoms with E-state index >= 15 is 0 Å². The summed E-state index contributed by atoms with van der Waals surface area (Å²) in [6.07, 6.45) is 0.0646. The highest BCUT2D eigenvalue weighted by Crippen LogP contribution is 2.18. The van der Waals surface area contributed by atoms with Crippen LogP contribution >= 0.6 is 0 Å². The molecule has 0 saturated heterocycles. The van der Waals surface area contributed by atoms with Crippen LogP contribution in [0.3, 0.4) is 0 Å². The molecule has 2 N–H and O–H groups in total. The van der Waals surface area contributed by atoms with Crippen molar-refractivity contribution in [3.63, 3.8) is 0 Å². The molecule has 1 aromatic carbocycles. The Hall–Kier alpha value is -1.62. The van der Waals surface area contributed by atoms with Crippen molar-refractivity contribution in [3.8, 4) is 5.75 Å². The van der Waals surface area contributed by atoms with Crippen molar-refractivity contribution in [3.05, 3.63) is 29.6 Å². The molecule has 0 aliphatic carbocycles. The summed E-state index contributed by atoms with van der Waals surface area (Å²) in [7, 11) is 1.39. The number of carbonyl (C=O) groups excluding carboxylic acids is 1. The molecule has 1 aromatic rings. The van der Waals surface area contributed by atoms with Gasteiger partial charge in [0.05, 0.1) is 19.1 Å². The maximum absolute atomic E-state index is 13.5. The number of rotatable bonds is 6. The molecule has 5 heteroatoms. The van der Waals surface area contributed by atoms with Crippen LogP contribution < -0.4 is 10.1 Å². The number of amides is 1. The average Bonchev–Trinajstić information content (AvgIpc) is 2.36. The van der Waals surface area contributed by atoms with Crippen LogP contribution in [0.4, 0.5) is 4.39 Å². The van der Waals surface area contributed by atoms with E-state index < -0.39 is 11.4 Å². The quantitative estimate of drug-likeness (QED) is 0.838. The molecule has 0 saturated carbocycles. The van der Waals surface area contributed by atoms with E-state index in [-0.39, 0.29) is 30.5 Å². The second-order valence-electron chi connectivity index (χ2n) is 5.43. The zero-order valence-corrected chi connectivity index (χ0v) is 12.4. The van der Waals surface area contributed by atoms with Crippen LogP contribution in [0, 0.1) is 11.7 Å². The molecular formula is C15H22FNO3. The molecule has 0 heterocycles. The van der Waals surface area contributed by atoms with Crippen molar-refractivity contribution in [1.29, 1.82) is 0 Å². The summed E-state index contributed by atoms with van der Waals surface area (Å²) in [4.78, 5) is 11.8. The maximum atomic E-state index is 13.5. The van der Waals surface area contributed by atoms with Gasteiger partial charge in [-0.2, -0.15) is 0 Å². The first-order valence-corrected chi connectivity index (χ1v) is 6.57. The first-order valence-electron chi connectivity index (χ1n) is 6.57. The fourth-order valence-corrected chi connectivity index (χ4v) is 1.55. The lowest BCUT2D eigenvalue weighted by atomic mass is 9.92. The second kappa shape index (κ2) is 6.70. The molecule has 0 aromatic heterocycles. The molecule has 0 fully saturated rings. The molecule has 4 nitrogen and oxygen atoms in total. The zero-order valence-electron chi connectivity index (χ0n) is 12.4. The molecule has 0 aliphatic heterocycles. The highest BCUT2D eigenvalue weighted by Gasteiger charge is 2.25. The minimum atomic E-state index is -0.958. The van der Waals surface area contributed by atoms with Crippen LogP contribution in [0.2, 0.25) is 0 Å². The van der Waals surface area contributed by atoms with E-state index in [1.807, 2.05) is 13.8 Å². The van der Waals surface area contributed by atoms with E-state index in [9.17, 15) is 14.3 Å². The summed E-state index contributed by atoms with van der Waals surface area (Å²) in [5, 5.41) is 12.7. The Morgan fingerprint density at radius 2 is 2.15 bits per heavy atom. The lowest BCUT2D eigenvalue weighted by molar-refractivity contribution is -0.122. The van der Waals surface area contributed by atoms with E-state index in [1.165, 1.54) is 19.2 Å². The largest absolute Gasteiger partial charge is 0.494 e. The van der Waals surface area contributed by atoms with Crippen LogP contribution in [0.15, 0.2) is 18.2 Å². The lowest BCUT2D eigenvalue weighted by Gasteiger charge is -2.27. The van der Waals surface area contributed by atoms with Gasteiger partial charge in [-0.3, -0.25) is 4.79 Å². The Balaban J connectivity index is 2.57. The van der Waals surface area contributed by atoms with Crippen molar-refractivity contribution in [1.82, 2.24) is 5.32 Å². The van der Waals surface area contributed by atoms with Crippen molar-refractivity contribution in [2.75, 3.05) is 13.7 Å². The molecule has 20 heavy (non-hydrogen) atoms. The van der Waals surface area contributed by atoms with E-state index in [2.05, 4.69) is 5.32 Å². The summed E-state index contributed by atoms with van der Waals surface area (Å²) in [6.45, 7) is 5.60. The molecule has 1 rings (SSSR count). The molecule has 0 aliphatic rings. The van der Waals surface area contributed by atoms with Crippen molar-refractivity contribution in [2.45, 2.75) is 32.8 Å². The third-order valence-electron chi connectivity index (χ3n) is 3.47. The third kappa shape index (κ3) is 4.49. The number of ether oxygens (including phenoxy) is 1. The van der Waals surface area contributed by atoms with Gasteiger partial charge >= 0.3 is 0 Å². The van der Waals surface area contributed by atoms with Crippen molar-refractivity contribution < 1.29 is 19.0 Å². The Morgan fingerprint density at radius 3 is 2.65 bits per heavy atom.